The van der Waals surface area contributed by atoms with Gasteiger partial charge in [0.25, 0.3) is 0 Å². The summed E-state index contributed by atoms with van der Waals surface area (Å²) in [4.78, 5) is 27.5. The number of amides is 2. The van der Waals surface area contributed by atoms with Gasteiger partial charge in [0.2, 0.25) is 21.8 Å². The summed E-state index contributed by atoms with van der Waals surface area (Å²) < 4.78 is 44.8. The Morgan fingerprint density at radius 3 is 2.39 bits per heavy atom. The molecule has 0 aliphatic rings. The minimum absolute atomic E-state index is 0.0261. The molecule has 0 aliphatic heterocycles. The molecule has 0 spiro atoms. The molecule has 0 fully saturated rings. The number of ether oxygens (including phenoxy) is 1. The van der Waals surface area contributed by atoms with E-state index < -0.39 is 34.3 Å². The van der Waals surface area contributed by atoms with Crippen molar-refractivity contribution >= 4 is 27.5 Å². The second-order valence-electron chi connectivity index (χ2n) is 7.44. The summed E-state index contributed by atoms with van der Waals surface area (Å²) in [7, 11) is -2.39. The zero-order valence-corrected chi connectivity index (χ0v) is 20.1. The van der Waals surface area contributed by atoms with E-state index in [0.717, 1.165) is 16.6 Å². The lowest BCUT2D eigenvalue weighted by atomic mass is 10.1. The fraction of sp³-hybridized carbons (Fsp3) is 0.391. The van der Waals surface area contributed by atoms with Crippen molar-refractivity contribution in [1.29, 1.82) is 0 Å². The maximum Gasteiger partial charge on any atom is 0.244 e. The Hall–Kier alpha value is -3.14. The number of hydrogen-bond donors (Lipinski definition) is 1. The molecule has 2 aromatic carbocycles. The van der Waals surface area contributed by atoms with E-state index >= 15 is 0 Å². The van der Waals surface area contributed by atoms with Crippen LogP contribution >= 0.6 is 0 Å². The van der Waals surface area contributed by atoms with Crippen molar-refractivity contribution in [2.24, 2.45) is 0 Å². The second-order valence-corrected chi connectivity index (χ2v) is 9.35. The number of benzene rings is 2. The predicted molar refractivity (Wildman–Crippen MR) is 125 cm³/mol. The van der Waals surface area contributed by atoms with Crippen LogP contribution in [0.25, 0.3) is 0 Å². The molecule has 0 saturated carbocycles. The quantitative estimate of drug-likeness (QED) is 0.534. The van der Waals surface area contributed by atoms with E-state index in [1.807, 2.05) is 0 Å². The summed E-state index contributed by atoms with van der Waals surface area (Å²) in [5.74, 6) is -0.974. The van der Waals surface area contributed by atoms with Gasteiger partial charge in [-0.25, -0.2) is 12.8 Å². The maximum atomic E-state index is 13.8. The number of nitrogens with one attached hydrogen (secondary N) is 1. The molecule has 0 heterocycles. The SMILES string of the molecule is CCNC(=O)[C@@H](CC)N(Cc1cccc(OC)c1)C(=O)CN(c1cccc(F)c1)S(C)(=O)=O. The molecular weight excluding hydrogens is 449 g/mol. The number of nitrogens with zero attached hydrogens (tertiary/aromatic N) is 2. The molecule has 1 atom stereocenters. The number of halogens is 1. The van der Waals surface area contributed by atoms with E-state index in [-0.39, 0.29) is 18.1 Å². The van der Waals surface area contributed by atoms with Crippen molar-refractivity contribution in [2.75, 3.05) is 30.8 Å². The van der Waals surface area contributed by atoms with Gasteiger partial charge in [-0.2, -0.15) is 0 Å². The second kappa shape index (κ2) is 11.6. The summed E-state index contributed by atoms with van der Waals surface area (Å²) in [6, 6.07) is 11.2. The van der Waals surface area contributed by atoms with Gasteiger partial charge in [0.05, 0.1) is 19.1 Å². The van der Waals surface area contributed by atoms with Crippen molar-refractivity contribution in [2.45, 2.75) is 32.9 Å². The van der Waals surface area contributed by atoms with Crippen LogP contribution < -0.4 is 14.4 Å². The highest BCUT2D eigenvalue weighted by molar-refractivity contribution is 7.92. The van der Waals surface area contributed by atoms with Crippen LogP contribution in [-0.2, 0) is 26.2 Å². The van der Waals surface area contributed by atoms with Gasteiger partial charge in [0.15, 0.2) is 0 Å². The highest BCUT2D eigenvalue weighted by Crippen LogP contribution is 2.21. The minimum atomic E-state index is -3.91. The topological polar surface area (TPSA) is 96.0 Å². The summed E-state index contributed by atoms with van der Waals surface area (Å²) in [6.07, 6.45) is 1.26. The van der Waals surface area contributed by atoms with E-state index in [9.17, 15) is 22.4 Å². The molecular formula is C23H30FN3O5S. The molecule has 0 aliphatic carbocycles. The number of methoxy groups -OCH3 is 1. The highest BCUT2D eigenvalue weighted by Gasteiger charge is 2.31. The Labute approximate surface area is 194 Å². The zero-order chi connectivity index (χ0) is 24.6. The number of rotatable bonds is 11. The Bertz CT molecular complexity index is 1080. The van der Waals surface area contributed by atoms with E-state index in [2.05, 4.69) is 5.32 Å². The molecule has 0 saturated heterocycles. The molecule has 0 bridgehead atoms. The van der Waals surface area contributed by atoms with E-state index in [1.54, 1.807) is 38.1 Å². The van der Waals surface area contributed by atoms with Crippen molar-refractivity contribution in [1.82, 2.24) is 10.2 Å². The first-order valence-corrected chi connectivity index (χ1v) is 12.4. The number of likely N-dealkylation sites (N-methyl/N-ethyl adjacent to an activating group) is 1. The van der Waals surface area contributed by atoms with Crippen molar-refractivity contribution in [3.8, 4) is 5.75 Å². The summed E-state index contributed by atoms with van der Waals surface area (Å²) in [5, 5.41) is 2.72. The summed E-state index contributed by atoms with van der Waals surface area (Å²) >= 11 is 0. The number of anilines is 1. The van der Waals surface area contributed by atoms with Crippen LogP contribution in [0.1, 0.15) is 25.8 Å². The monoisotopic (exact) mass is 479 g/mol. The van der Waals surface area contributed by atoms with Gasteiger partial charge in [0, 0.05) is 13.1 Å². The lowest BCUT2D eigenvalue weighted by molar-refractivity contribution is -0.140. The Kier molecular flexibility index (Phi) is 9.22. The van der Waals surface area contributed by atoms with E-state index in [0.29, 0.717) is 24.3 Å². The lowest BCUT2D eigenvalue weighted by Crippen LogP contribution is -2.52. The van der Waals surface area contributed by atoms with Gasteiger partial charge < -0.3 is 15.0 Å². The summed E-state index contributed by atoms with van der Waals surface area (Å²) in [5.41, 5.74) is 0.736. The Morgan fingerprint density at radius 1 is 1.12 bits per heavy atom. The average molecular weight is 480 g/mol. The third kappa shape index (κ3) is 7.18. The standard InChI is InChI=1S/C23H30FN3O5S/c1-5-21(23(29)25-6-2)26(15-17-9-7-12-20(13-17)32-3)22(28)16-27(33(4,30)31)19-11-8-10-18(24)14-19/h7-14,21H,5-6,15-16H2,1-4H3,(H,25,29)/t21-/m1/s1. The van der Waals surface area contributed by atoms with Crippen LogP contribution in [0.4, 0.5) is 10.1 Å². The van der Waals surface area contributed by atoms with E-state index in [1.165, 1.54) is 30.2 Å². The number of sulfonamides is 1. The first-order valence-electron chi connectivity index (χ1n) is 10.5. The first-order chi connectivity index (χ1) is 15.6. The van der Waals surface area contributed by atoms with Gasteiger partial charge in [0.1, 0.15) is 24.2 Å². The zero-order valence-electron chi connectivity index (χ0n) is 19.2. The average Bonchev–Trinajstić information content (AvgIpc) is 2.76. The molecule has 33 heavy (non-hydrogen) atoms. The first kappa shape index (κ1) is 26.1. The van der Waals surface area contributed by atoms with E-state index in [4.69, 9.17) is 4.74 Å². The van der Waals surface area contributed by atoms with Gasteiger partial charge in [-0.15, -0.1) is 0 Å². The van der Waals surface area contributed by atoms with Crippen molar-refractivity contribution < 1.29 is 27.1 Å². The molecule has 0 unspecified atom stereocenters. The fourth-order valence-corrected chi connectivity index (χ4v) is 4.27. The number of hydrogen-bond acceptors (Lipinski definition) is 5. The Balaban J connectivity index is 2.44. The van der Waals surface area contributed by atoms with Crippen molar-refractivity contribution in [3.05, 3.63) is 59.9 Å². The van der Waals surface area contributed by atoms with Crippen LogP contribution in [0.2, 0.25) is 0 Å². The fourth-order valence-electron chi connectivity index (χ4n) is 3.42. The highest BCUT2D eigenvalue weighted by atomic mass is 32.2. The molecule has 1 N–H and O–H groups in total. The van der Waals surface area contributed by atoms with Gasteiger partial charge in [-0.3, -0.25) is 13.9 Å². The van der Waals surface area contributed by atoms with Crippen LogP contribution in [0, 0.1) is 5.82 Å². The normalized spacial score (nSPS) is 12.0. The molecule has 2 aromatic rings. The largest absolute Gasteiger partial charge is 0.497 e. The minimum Gasteiger partial charge on any atom is -0.497 e. The van der Waals surface area contributed by atoms with Gasteiger partial charge in [-0.1, -0.05) is 25.1 Å². The third-order valence-electron chi connectivity index (χ3n) is 5.00. The molecule has 2 amide bonds. The molecule has 180 valence electrons. The molecule has 0 radical (unpaired) electrons. The van der Waals surface area contributed by atoms with Gasteiger partial charge >= 0.3 is 0 Å². The summed E-state index contributed by atoms with van der Waals surface area (Å²) in [6.45, 7) is 3.41. The Morgan fingerprint density at radius 2 is 1.82 bits per heavy atom. The molecule has 2 rings (SSSR count). The van der Waals surface area contributed by atoms with Crippen LogP contribution in [0.3, 0.4) is 0 Å². The lowest BCUT2D eigenvalue weighted by Gasteiger charge is -2.32. The van der Waals surface area contributed by atoms with Gasteiger partial charge in [-0.05, 0) is 49.2 Å². The molecule has 10 heteroatoms. The number of carbonyl (C=O) groups is 2. The number of carbonyl (C=O) groups excluding carboxylic acids is 2. The molecule has 0 aromatic heterocycles. The van der Waals surface area contributed by atoms with Crippen LogP contribution in [-0.4, -0.2) is 57.6 Å². The molecule has 8 nitrogen and oxygen atoms in total. The van der Waals surface area contributed by atoms with Crippen molar-refractivity contribution in [3.63, 3.8) is 0 Å². The smallest absolute Gasteiger partial charge is 0.244 e. The maximum absolute atomic E-state index is 13.8. The van der Waals surface area contributed by atoms with Crippen LogP contribution in [0.5, 0.6) is 5.75 Å². The predicted octanol–water partition coefficient (Wildman–Crippen LogP) is 2.54. The van der Waals surface area contributed by atoms with Crippen LogP contribution in [0.15, 0.2) is 48.5 Å². The third-order valence-corrected chi connectivity index (χ3v) is 6.14.